The van der Waals surface area contributed by atoms with Crippen molar-refractivity contribution in [3.63, 3.8) is 0 Å². The van der Waals surface area contributed by atoms with Gasteiger partial charge in [-0.2, -0.15) is 9.78 Å². The van der Waals surface area contributed by atoms with Crippen LogP contribution < -0.4 is 10.3 Å². The smallest absolute Gasteiger partial charge is 0.344 e. The Labute approximate surface area is 203 Å². The highest BCUT2D eigenvalue weighted by atomic mass is 79.9. The third-order valence-electron chi connectivity index (χ3n) is 4.33. The Kier molecular flexibility index (Phi) is 7.66. The third-order valence-corrected chi connectivity index (χ3v) is 6.01. The summed E-state index contributed by atoms with van der Waals surface area (Å²) in [6, 6.07) is 8.85. The number of halogens is 3. The van der Waals surface area contributed by atoms with E-state index in [4.69, 9.17) is 9.84 Å². The number of rotatable bonds is 7. The monoisotopic (exact) mass is 613 g/mol. The van der Waals surface area contributed by atoms with Crippen molar-refractivity contribution in [1.29, 1.82) is 0 Å². The normalized spacial score (nSPS) is 12.4. The predicted molar refractivity (Wildman–Crippen MR) is 130 cm³/mol. The fourth-order valence-corrected chi connectivity index (χ4v) is 4.59. The van der Waals surface area contributed by atoms with Crippen LogP contribution in [0.2, 0.25) is 0 Å². The lowest BCUT2D eigenvalue weighted by molar-refractivity contribution is -0.144. The zero-order valence-electron chi connectivity index (χ0n) is 16.6. The van der Waals surface area contributed by atoms with Gasteiger partial charge in [-0.3, -0.25) is 4.79 Å². The summed E-state index contributed by atoms with van der Waals surface area (Å²) in [6.45, 7) is 3.46. The van der Waals surface area contributed by atoms with Crippen molar-refractivity contribution >= 4 is 70.9 Å². The average Bonchev–Trinajstić information content (AvgIpc) is 2.71. The van der Waals surface area contributed by atoms with E-state index in [2.05, 4.69) is 57.9 Å². The molecule has 0 fully saturated rings. The molecule has 10 heteroatoms. The van der Waals surface area contributed by atoms with Gasteiger partial charge in [0, 0.05) is 10.9 Å². The second-order valence-corrected chi connectivity index (χ2v) is 9.34. The van der Waals surface area contributed by atoms with Crippen molar-refractivity contribution < 1.29 is 14.6 Å². The summed E-state index contributed by atoms with van der Waals surface area (Å²) in [7, 11) is 0. The number of carboxylic acid groups (broad SMARTS) is 1. The quantitative estimate of drug-likeness (QED) is 0.361. The van der Waals surface area contributed by atoms with E-state index in [-0.39, 0.29) is 5.56 Å². The number of hydrogen-bond donors (Lipinski definition) is 1. The van der Waals surface area contributed by atoms with Crippen LogP contribution in [0, 0.1) is 0 Å². The van der Waals surface area contributed by atoms with Crippen LogP contribution >= 0.6 is 47.8 Å². The van der Waals surface area contributed by atoms with E-state index < -0.39 is 12.1 Å². The van der Waals surface area contributed by atoms with Gasteiger partial charge in [0.15, 0.2) is 6.10 Å². The summed E-state index contributed by atoms with van der Waals surface area (Å²) >= 11 is 10.2. The second kappa shape index (κ2) is 10.1. The fraction of sp³-hybridized carbons (Fsp3) is 0.238. The van der Waals surface area contributed by atoms with Gasteiger partial charge in [-0.05, 0) is 81.1 Å². The predicted octanol–water partition coefficient (Wildman–Crippen LogP) is 5.37. The standard InChI is InChI=1S/C21H18Br3N3O4/c1-3-4-18-26-17-6-5-13(22)9-14(17)20(28)27(18)25-10-12-7-15(23)19(16(24)8-12)31-11(2)21(29)30/h5-11H,3-4H2,1-2H3,(H,29,30)/t11-/m1/s1. The summed E-state index contributed by atoms with van der Waals surface area (Å²) in [4.78, 5) is 28.7. The number of hydrogen-bond acceptors (Lipinski definition) is 5. The molecule has 7 nitrogen and oxygen atoms in total. The van der Waals surface area contributed by atoms with Crippen LogP contribution in [0.4, 0.5) is 0 Å². The molecular weight excluding hydrogens is 598 g/mol. The minimum Gasteiger partial charge on any atom is -0.479 e. The fourth-order valence-electron chi connectivity index (χ4n) is 2.82. The molecule has 162 valence electrons. The lowest BCUT2D eigenvalue weighted by Gasteiger charge is -2.14. The Balaban J connectivity index is 2.03. The van der Waals surface area contributed by atoms with Crippen molar-refractivity contribution in [3.05, 3.63) is 65.5 Å². The highest BCUT2D eigenvalue weighted by Crippen LogP contribution is 2.35. The summed E-state index contributed by atoms with van der Waals surface area (Å²) in [6.07, 6.45) is 1.96. The number of ether oxygens (including phenoxy) is 1. The highest BCUT2D eigenvalue weighted by Gasteiger charge is 2.17. The van der Waals surface area contributed by atoms with Crippen LogP contribution in [0.1, 0.15) is 31.7 Å². The number of fused-ring (bicyclic) bond motifs is 1. The van der Waals surface area contributed by atoms with Crippen LogP contribution in [0.15, 0.2) is 53.6 Å². The number of aromatic nitrogens is 2. The van der Waals surface area contributed by atoms with Gasteiger partial charge in [0.2, 0.25) is 0 Å². The molecule has 0 radical (unpaired) electrons. The Bertz CT molecular complexity index is 1220. The molecule has 0 bridgehead atoms. The van der Waals surface area contributed by atoms with E-state index in [0.29, 0.717) is 43.4 Å². The van der Waals surface area contributed by atoms with Crippen molar-refractivity contribution in [3.8, 4) is 5.75 Å². The van der Waals surface area contributed by atoms with Gasteiger partial charge < -0.3 is 9.84 Å². The van der Waals surface area contributed by atoms with Crippen molar-refractivity contribution in [2.45, 2.75) is 32.8 Å². The largest absolute Gasteiger partial charge is 0.479 e. The molecule has 0 saturated carbocycles. The van der Waals surface area contributed by atoms with Crippen LogP contribution in [0.25, 0.3) is 10.9 Å². The molecule has 1 aromatic heterocycles. The van der Waals surface area contributed by atoms with Gasteiger partial charge in [-0.15, -0.1) is 0 Å². The molecule has 0 unspecified atom stereocenters. The number of carbonyl (C=O) groups is 1. The Morgan fingerprint density at radius 3 is 2.55 bits per heavy atom. The zero-order chi connectivity index (χ0) is 22.7. The van der Waals surface area contributed by atoms with Gasteiger partial charge in [0.25, 0.3) is 5.56 Å². The lowest BCUT2D eigenvalue weighted by Crippen LogP contribution is -2.23. The van der Waals surface area contributed by atoms with Crippen LogP contribution in [-0.4, -0.2) is 33.1 Å². The molecule has 1 N–H and O–H groups in total. The highest BCUT2D eigenvalue weighted by molar-refractivity contribution is 9.11. The topological polar surface area (TPSA) is 93.8 Å². The first-order valence-corrected chi connectivity index (χ1v) is 11.7. The number of nitrogens with zero attached hydrogens (tertiary/aromatic N) is 3. The summed E-state index contributed by atoms with van der Waals surface area (Å²) in [5, 5.41) is 13.9. The number of aliphatic carboxylic acids is 1. The van der Waals surface area contributed by atoms with E-state index >= 15 is 0 Å². The van der Waals surface area contributed by atoms with Crippen LogP contribution in [0.3, 0.4) is 0 Å². The molecule has 2 aromatic carbocycles. The molecular formula is C21H18Br3N3O4. The van der Waals surface area contributed by atoms with Gasteiger partial charge in [-0.25, -0.2) is 9.78 Å². The molecule has 31 heavy (non-hydrogen) atoms. The maximum Gasteiger partial charge on any atom is 0.344 e. The minimum atomic E-state index is -1.07. The van der Waals surface area contributed by atoms with Gasteiger partial charge in [-0.1, -0.05) is 22.9 Å². The zero-order valence-corrected chi connectivity index (χ0v) is 21.4. The summed E-state index contributed by atoms with van der Waals surface area (Å²) < 4.78 is 8.69. The molecule has 3 rings (SSSR count). The molecule has 0 aliphatic rings. The minimum absolute atomic E-state index is 0.251. The van der Waals surface area contributed by atoms with Crippen molar-refractivity contribution in [2.75, 3.05) is 0 Å². The molecule has 0 spiro atoms. The van der Waals surface area contributed by atoms with E-state index in [1.54, 1.807) is 30.5 Å². The van der Waals surface area contributed by atoms with Gasteiger partial charge >= 0.3 is 5.97 Å². The van der Waals surface area contributed by atoms with Gasteiger partial charge in [0.05, 0.1) is 26.1 Å². The maximum absolute atomic E-state index is 13.1. The number of carboxylic acids is 1. The van der Waals surface area contributed by atoms with E-state index in [1.807, 2.05) is 13.0 Å². The molecule has 0 saturated heterocycles. The first-order valence-electron chi connectivity index (χ1n) is 9.35. The first kappa shape index (κ1) is 23.6. The third kappa shape index (κ3) is 5.42. The van der Waals surface area contributed by atoms with E-state index in [9.17, 15) is 9.59 Å². The molecule has 3 aromatic rings. The molecule has 0 aliphatic heterocycles. The van der Waals surface area contributed by atoms with Crippen LogP contribution in [0.5, 0.6) is 5.75 Å². The second-order valence-electron chi connectivity index (χ2n) is 6.71. The molecule has 0 amide bonds. The van der Waals surface area contributed by atoms with E-state index in [1.165, 1.54) is 11.6 Å². The van der Waals surface area contributed by atoms with E-state index in [0.717, 1.165) is 10.9 Å². The Morgan fingerprint density at radius 2 is 1.94 bits per heavy atom. The Hall–Kier alpha value is -2.04. The van der Waals surface area contributed by atoms with Crippen LogP contribution in [-0.2, 0) is 11.2 Å². The molecule has 1 heterocycles. The summed E-state index contributed by atoms with van der Waals surface area (Å²) in [5.41, 5.74) is 1.06. The average molecular weight is 616 g/mol. The maximum atomic E-state index is 13.1. The first-order chi connectivity index (χ1) is 14.7. The Morgan fingerprint density at radius 1 is 1.26 bits per heavy atom. The van der Waals surface area contributed by atoms with Crippen molar-refractivity contribution in [1.82, 2.24) is 9.66 Å². The van der Waals surface area contributed by atoms with Gasteiger partial charge in [0.1, 0.15) is 11.6 Å². The van der Waals surface area contributed by atoms with Crippen molar-refractivity contribution in [2.24, 2.45) is 5.10 Å². The molecule has 1 atom stereocenters. The molecule has 0 aliphatic carbocycles. The lowest BCUT2D eigenvalue weighted by atomic mass is 10.2. The number of aryl methyl sites for hydroxylation is 1. The summed E-state index contributed by atoms with van der Waals surface area (Å²) in [5.74, 6) is -0.122. The number of benzene rings is 2. The SMILES string of the molecule is CCCc1nc2ccc(Br)cc2c(=O)n1N=Cc1cc(Br)c(O[C@H](C)C(=O)O)c(Br)c1.